The van der Waals surface area contributed by atoms with Gasteiger partial charge in [0, 0.05) is 43.8 Å². The molecule has 2 amide bonds. The first-order valence-corrected chi connectivity index (χ1v) is 9.43. The van der Waals surface area contributed by atoms with Crippen LogP contribution < -0.4 is 10.9 Å². The predicted molar refractivity (Wildman–Crippen MR) is 94.2 cm³/mol. The van der Waals surface area contributed by atoms with Crippen molar-refractivity contribution in [1.82, 2.24) is 14.8 Å². The van der Waals surface area contributed by atoms with Gasteiger partial charge in [0.25, 0.3) is 5.56 Å². The van der Waals surface area contributed by atoms with Gasteiger partial charge in [0.15, 0.2) is 0 Å². The van der Waals surface area contributed by atoms with Crippen molar-refractivity contribution in [1.29, 1.82) is 0 Å². The first-order valence-electron chi connectivity index (χ1n) is 9.43. The number of aromatic nitrogens is 1. The van der Waals surface area contributed by atoms with E-state index in [-0.39, 0.29) is 42.0 Å². The molecular formula is C19H25N3O4. The summed E-state index contributed by atoms with van der Waals surface area (Å²) in [6.07, 6.45) is 4.18. The van der Waals surface area contributed by atoms with Gasteiger partial charge < -0.3 is 19.9 Å². The van der Waals surface area contributed by atoms with Crippen molar-refractivity contribution >= 4 is 11.8 Å². The number of fused-ring (bicyclic) bond motifs is 4. The Kier molecular flexibility index (Phi) is 4.34. The predicted octanol–water partition coefficient (Wildman–Crippen LogP) is 0.417. The Labute approximate surface area is 152 Å². The summed E-state index contributed by atoms with van der Waals surface area (Å²) >= 11 is 0. The van der Waals surface area contributed by atoms with Crippen LogP contribution in [0.4, 0.5) is 0 Å². The Hall–Kier alpha value is -2.15. The van der Waals surface area contributed by atoms with Crippen LogP contribution in [0.1, 0.15) is 44.3 Å². The highest BCUT2D eigenvalue weighted by Gasteiger charge is 2.56. The monoisotopic (exact) mass is 359 g/mol. The molecule has 7 nitrogen and oxygen atoms in total. The van der Waals surface area contributed by atoms with Gasteiger partial charge in [-0.15, -0.1) is 0 Å². The Morgan fingerprint density at radius 3 is 2.65 bits per heavy atom. The minimum absolute atomic E-state index is 0.112. The lowest BCUT2D eigenvalue weighted by Crippen LogP contribution is -2.48. The van der Waals surface area contributed by atoms with E-state index in [0.29, 0.717) is 12.2 Å². The van der Waals surface area contributed by atoms with Gasteiger partial charge >= 0.3 is 0 Å². The van der Waals surface area contributed by atoms with Crippen LogP contribution in [0.3, 0.4) is 0 Å². The molecule has 26 heavy (non-hydrogen) atoms. The van der Waals surface area contributed by atoms with Gasteiger partial charge in [-0.1, -0.05) is 18.9 Å². The van der Waals surface area contributed by atoms with E-state index < -0.39 is 12.0 Å². The standard InChI is InChI=1S/C19H25N3O4/c1-11(24)22-15-9-21-14(7-4-8-16(21)25)18(22)17(13(15)10-23)19(26)20-12-5-2-3-6-12/h4,7-8,12-13,15,17-18,23H,2-3,5-6,9-10H2,1H3,(H,20,26)/t13-,15-,17+,18+/m0/s1. The Morgan fingerprint density at radius 2 is 2.00 bits per heavy atom. The molecule has 0 radical (unpaired) electrons. The molecule has 4 atom stereocenters. The van der Waals surface area contributed by atoms with Crippen molar-refractivity contribution in [2.24, 2.45) is 11.8 Å². The van der Waals surface area contributed by atoms with Crippen LogP contribution >= 0.6 is 0 Å². The Balaban J connectivity index is 1.75. The van der Waals surface area contributed by atoms with Gasteiger partial charge in [-0.2, -0.15) is 0 Å². The average Bonchev–Trinajstić information content (AvgIpc) is 3.19. The number of hydrogen-bond donors (Lipinski definition) is 2. The maximum atomic E-state index is 13.1. The van der Waals surface area contributed by atoms with Crippen molar-refractivity contribution in [3.63, 3.8) is 0 Å². The summed E-state index contributed by atoms with van der Waals surface area (Å²) in [6.45, 7) is 1.63. The van der Waals surface area contributed by atoms with E-state index in [4.69, 9.17) is 0 Å². The van der Waals surface area contributed by atoms with Crippen molar-refractivity contribution in [2.75, 3.05) is 6.61 Å². The highest BCUT2D eigenvalue weighted by molar-refractivity contribution is 5.83. The van der Waals surface area contributed by atoms with Crippen LogP contribution in [0.2, 0.25) is 0 Å². The van der Waals surface area contributed by atoms with Gasteiger partial charge in [-0.05, 0) is 18.9 Å². The number of aliphatic hydroxyl groups is 1. The molecule has 1 aromatic rings. The molecule has 1 saturated carbocycles. The lowest BCUT2D eigenvalue weighted by Gasteiger charge is -2.37. The van der Waals surface area contributed by atoms with Crippen molar-refractivity contribution in [2.45, 2.75) is 57.3 Å². The van der Waals surface area contributed by atoms with Gasteiger partial charge in [0.2, 0.25) is 11.8 Å². The highest BCUT2D eigenvalue weighted by Crippen LogP contribution is 2.48. The van der Waals surface area contributed by atoms with Crippen LogP contribution in [-0.4, -0.2) is 45.1 Å². The van der Waals surface area contributed by atoms with Crippen molar-refractivity contribution in [3.8, 4) is 0 Å². The molecule has 0 unspecified atom stereocenters. The molecule has 1 aliphatic carbocycles. The Morgan fingerprint density at radius 1 is 1.27 bits per heavy atom. The third-order valence-corrected chi connectivity index (χ3v) is 6.29. The van der Waals surface area contributed by atoms with Crippen LogP contribution in [0.5, 0.6) is 0 Å². The number of aliphatic hydroxyl groups excluding tert-OH is 1. The van der Waals surface area contributed by atoms with E-state index >= 15 is 0 Å². The fourth-order valence-electron chi connectivity index (χ4n) is 5.16. The Bertz CT molecular complexity index is 783. The van der Waals surface area contributed by atoms with E-state index in [0.717, 1.165) is 25.7 Å². The zero-order valence-corrected chi connectivity index (χ0v) is 14.9. The highest BCUT2D eigenvalue weighted by atomic mass is 16.3. The molecule has 2 N–H and O–H groups in total. The van der Waals surface area contributed by atoms with Crippen molar-refractivity contribution < 1.29 is 14.7 Å². The lowest BCUT2D eigenvalue weighted by molar-refractivity contribution is -0.134. The second-order valence-electron chi connectivity index (χ2n) is 7.70. The fourth-order valence-corrected chi connectivity index (χ4v) is 5.16. The second-order valence-corrected chi connectivity index (χ2v) is 7.70. The van der Waals surface area contributed by atoms with Crippen LogP contribution in [-0.2, 0) is 16.1 Å². The van der Waals surface area contributed by atoms with E-state index in [9.17, 15) is 19.5 Å². The number of carbonyl (C=O) groups excluding carboxylic acids is 2. The lowest BCUT2D eigenvalue weighted by atomic mass is 9.86. The van der Waals surface area contributed by atoms with Gasteiger partial charge in [0.1, 0.15) is 0 Å². The third kappa shape index (κ3) is 2.57. The molecule has 7 heteroatoms. The summed E-state index contributed by atoms with van der Waals surface area (Å²) in [4.78, 5) is 39.5. The summed E-state index contributed by atoms with van der Waals surface area (Å²) < 4.78 is 1.65. The minimum Gasteiger partial charge on any atom is -0.396 e. The zero-order valence-electron chi connectivity index (χ0n) is 14.9. The number of nitrogens with one attached hydrogen (secondary N) is 1. The minimum atomic E-state index is -0.537. The molecule has 3 heterocycles. The topological polar surface area (TPSA) is 91.6 Å². The van der Waals surface area contributed by atoms with E-state index in [1.165, 1.54) is 13.0 Å². The molecule has 2 bridgehead atoms. The maximum Gasteiger partial charge on any atom is 0.250 e. The summed E-state index contributed by atoms with van der Waals surface area (Å²) in [5.74, 6) is -1.15. The number of carbonyl (C=O) groups is 2. The summed E-state index contributed by atoms with van der Waals surface area (Å²) in [5.41, 5.74) is 0.556. The number of hydrogen-bond acceptors (Lipinski definition) is 4. The largest absolute Gasteiger partial charge is 0.396 e. The van der Waals surface area contributed by atoms with Crippen LogP contribution in [0.25, 0.3) is 0 Å². The number of nitrogens with zero attached hydrogens (tertiary/aromatic N) is 2. The fraction of sp³-hybridized carbons (Fsp3) is 0.632. The normalized spacial score (nSPS) is 30.3. The average molecular weight is 359 g/mol. The first kappa shape index (κ1) is 17.3. The molecular weight excluding hydrogens is 334 g/mol. The van der Waals surface area contributed by atoms with Crippen molar-refractivity contribution in [3.05, 3.63) is 34.2 Å². The van der Waals surface area contributed by atoms with Gasteiger partial charge in [0.05, 0.1) is 18.0 Å². The zero-order chi connectivity index (χ0) is 18.4. The third-order valence-electron chi connectivity index (χ3n) is 6.29. The SMILES string of the molecule is CC(=O)N1[C@@H]2c3cccc(=O)n3C[C@H]1[C@H](CO)[C@H]2C(=O)NC1CCCC1. The number of amides is 2. The molecule has 1 aromatic heterocycles. The molecule has 0 aromatic carbocycles. The van der Waals surface area contributed by atoms with E-state index in [1.54, 1.807) is 15.5 Å². The molecule has 3 aliphatic rings. The van der Waals surface area contributed by atoms with E-state index in [2.05, 4.69) is 5.32 Å². The van der Waals surface area contributed by atoms with Crippen LogP contribution in [0, 0.1) is 11.8 Å². The maximum absolute atomic E-state index is 13.1. The first-order chi connectivity index (χ1) is 12.5. The molecule has 2 fully saturated rings. The summed E-state index contributed by atoms with van der Waals surface area (Å²) in [5, 5.41) is 13.2. The quantitative estimate of drug-likeness (QED) is 0.818. The van der Waals surface area contributed by atoms with Crippen LogP contribution in [0.15, 0.2) is 23.0 Å². The molecule has 4 rings (SSSR count). The molecule has 2 aliphatic heterocycles. The second kappa shape index (κ2) is 6.54. The smallest absolute Gasteiger partial charge is 0.250 e. The van der Waals surface area contributed by atoms with Gasteiger partial charge in [-0.25, -0.2) is 0 Å². The summed E-state index contributed by atoms with van der Waals surface area (Å²) in [7, 11) is 0. The molecule has 140 valence electrons. The molecule has 1 saturated heterocycles. The van der Waals surface area contributed by atoms with Gasteiger partial charge in [-0.3, -0.25) is 14.4 Å². The number of rotatable bonds is 3. The number of pyridine rings is 1. The molecule has 0 spiro atoms. The van der Waals surface area contributed by atoms with E-state index in [1.807, 2.05) is 6.07 Å². The summed E-state index contributed by atoms with van der Waals surface area (Å²) in [6, 6.07) is 4.31.